The summed E-state index contributed by atoms with van der Waals surface area (Å²) >= 11 is 1.87. The summed E-state index contributed by atoms with van der Waals surface area (Å²) in [7, 11) is -3.10. The van der Waals surface area contributed by atoms with Crippen LogP contribution in [0.5, 0.6) is 0 Å². The van der Waals surface area contributed by atoms with Gasteiger partial charge in [0.2, 0.25) is 0 Å². The van der Waals surface area contributed by atoms with E-state index in [4.69, 9.17) is 9.97 Å². The van der Waals surface area contributed by atoms with Crippen LogP contribution in [0.2, 0.25) is 0 Å². The minimum Gasteiger partial charge on any atom is -0.340 e. The minimum atomic E-state index is -3.10. The number of benzene rings is 7. The summed E-state index contributed by atoms with van der Waals surface area (Å²) in [5.41, 5.74) is 7.64. The van der Waals surface area contributed by atoms with E-state index in [-0.39, 0.29) is 25.8 Å². The van der Waals surface area contributed by atoms with Gasteiger partial charge in [-0.15, -0.1) is 34.8 Å². The quantitative estimate of drug-likeness (QED) is 0.0748. The Morgan fingerprint density at radius 2 is 1.23 bits per heavy atom. The fourth-order valence-corrected chi connectivity index (χ4v) is 15.8. The number of rotatable bonds is 5. The SMILES string of the molecule is CC1(C)c2ccccc2Sc2cc3c(cc21)c1cccnc1n3-c1[c-]c([Si](c2[c-]c3c(cc2)c2ccccc2n2ccnc32)(c2ccccc2)c2ccccc2)ccc1.[Pd+2]. The van der Waals surface area contributed by atoms with E-state index in [9.17, 15) is 0 Å². The van der Waals surface area contributed by atoms with Crippen molar-refractivity contribution in [2.45, 2.75) is 29.1 Å². The van der Waals surface area contributed by atoms with Crippen molar-refractivity contribution in [3.05, 3.63) is 206 Å². The summed E-state index contributed by atoms with van der Waals surface area (Å²) in [6, 6.07) is 68.1. The number of fused-ring (bicyclic) bond motifs is 11. The Kier molecular flexibility index (Phi) is 8.63. The number of imidazole rings is 1. The molecule has 4 nitrogen and oxygen atoms in total. The molecule has 1 aliphatic heterocycles. The fraction of sp³-hybridized carbons (Fsp3) is 0.0566. The molecule has 0 saturated heterocycles. The third-order valence-electron chi connectivity index (χ3n) is 12.6. The standard InChI is InChI=1S/C53H36N4SSi.Pd/c1-53(2)45-23-10-12-25-49(45)58-50-34-48-43(33-46(50)53)42-22-14-28-54-52(42)57(48)35-15-13-20-38(31-35)59(36-16-5-3-6-17-36,37-18-7-4-8-19-37)39-26-27-40-41-21-9-11-24-47(41)56-30-29-55-51(56)44(40)32-39;/h3-30,33-34H,1-2H3;/q-2;+2. The first-order valence-corrected chi connectivity index (χ1v) is 22.9. The summed E-state index contributed by atoms with van der Waals surface area (Å²) in [5, 5.41) is 10.5. The van der Waals surface area contributed by atoms with Crippen LogP contribution >= 0.6 is 11.8 Å². The van der Waals surface area contributed by atoms with Gasteiger partial charge in [-0.25, -0.2) is 4.98 Å². The van der Waals surface area contributed by atoms with Crippen molar-refractivity contribution in [3.63, 3.8) is 0 Å². The number of hydrogen-bond donors (Lipinski definition) is 0. The number of pyridine rings is 2. The predicted molar refractivity (Wildman–Crippen MR) is 246 cm³/mol. The van der Waals surface area contributed by atoms with Gasteiger partial charge in [-0.3, -0.25) is 4.98 Å². The molecule has 12 rings (SSSR count). The molecule has 60 heavy (non-hydrogen) atoms. The van der Waals surface area contributed by atoms with Gasteiger partial charge in [0, 0.05) is 50.1 Å². The topological polar surface area (TPSA) is 35.1 Å². The summed E-state index contributed by atoms with van der Waals surface area (Å²) < 4.78 is 4.53. The summed E-state index contributed by atoms with van der Waals surface area (Å²) in [5.74, 6) is 0. The third kappa shape index (κ3) is 5.27. The van der Waals surface area contributed by atoms with Crippen molar-refractivity contribution in [2.75, 3.05) is 0 Å². The maximum atomic E-state index is 5.08. The summed E-state index contributed by atoms with van der Waals surface area (Å²) in [6.45, 7) is 4.71. The monoisotopic (exact) mass is 894 g/mol. The average Bonchev–Trinajstić information content (AvgIpc) is 3.91. The number of aromatic nitrogens is 4. The van der Waals surface area contributed by atoms with Crippen LogP contribution in [0.3, 0.4) is 0 Å². The molecule has 0 spiro atoms. The second-order valence-electron chi connectivity index (χ2n) is 16.0. The Labute approximate surface area is 367 Å². The smallest absolute Gasteiger partial charge is 0.340 e. The van der Waals surface area contributed by atoms with E-state index in [1.165, 1.54) is 42.1 Å². The molecule has 288 valence electrons. The van der Waals surface area contributed by atoms with Crippen molar-refractivity contribution >= 4 is 89.8 Å². The largest absolute Gasteiger partial charge is 2.00 e. The van der Waals surface area contributed by atoms with Crippen LogP contribution < -0.4 is 20.7 Å². The molecular weight excluding hydrogens is 859 g/mol. The Morgan fingerprint density at radius 3 is 2.05 bits per heavy atom. The van der Waals surface area contributed by atoms with Crippen molar-refractivity contribution in [1.82, 2.24) is 18.9 Å². The number of para-hydroxylation sites is 1. The van der Waals surface area contributed by atoms with E-state index in [0.717, 1.165) is 54.5 Å². The van der Waals surface area contributed by atoms with Gasteiger partial charge in [-0.05, 0) is 63.3 Å². The molecule has 11 aromatic rings. The molecule has 7 aromatic carbocycles. The van der Waals surface area contributed by atoms with Crippen molar-refractivity contribution in [1.29, 1.82) is 0 Å². The maximum absolute atomic E-state index is 5.08. The van der Waals surface area contributed by atoms with E-state index < -0.39 is 8.07 Å². The average molecular weight is 895 g/mol. The minimum absolute atomic E-state index is 0. The molecule has 0 saturated carbocycles. The zero-order valence-corrected chi connectivity index (χ0v) is 36.2. The molecule has 5 heterocycles. The molecule has 0 aliphatic carbocycles. The predicted octanol–water partition coefficient (Wildman–Crippen LogP) is 9.90. The van der Waals surface area contributed by atoms with Crippen LogP contribution in [0, 0.1) is 12.1 Å². The van der Waals surface area contributed by atoms with Crippen molar-refractivity contribution in [2.24, 2.45) is 0 Å². The summed E-state index contributed by atoms with van der Waals surface area (Å²) in [4.78, 5) is 12.6. The molecule has 1 aliphatic rings. The fourth-order valence-electron chi connectivity index (χ4n) is 9.85. The summed E-state index contributed by atoms with van der Waals surface area (Å²) in [6.07, 6.45) is 5.86. The van der Waals surface area contributed by atoms with Crippen LogP contribution in [-0.4, -0.2) is 27.0 Å². The van der Waals surface area contributed by atoms with Gasteiger partial charge < -0.3 is 8.97 Å². The molecule has 7 heteroatoms. The van der Waals surface area contributed by atoms with Crippen LogP contribution in [0.4, 0.5) is 0 Å². The molecule has 0 fully saturated rings. The number of hydrogen-bond acceptors (Lipinski definition) is 3. The molecule has 0 N–H and O–H groups in total. The molecule has 0 radical (unpaired) electrons. The Hall–Kier alpha value is -6.07. The first-order valence-electron chi connectivity index (χ1n) is 20.1. The Morgan fingerprint density at radius 1 is 0.533 bits per heavy atom. The molecule has 4 aromatic heterocycles. The van der Waals surface area contributed by atoms with E-state index in [1.807, 2.05) is 24.2 Å². The van der Waals surface area contributed by atoms with Gasteiger partial charge >= 0.3 is 20.4 Å². The molecule has 0 bridgehead atoms. The molecule has 0 atom stereocenters. The van der Waals surface area contributed by atoms with Gasteiger partial charge in [0.25, 0.3) is 0 Å². The Bertz CT molecular complexity index is 3430. The van der Waals surface area contributed by atoms with Crippen LogP contribution in [0.25, 0.3) is 54.9 Å². The van der Waals surface area contributed by atoms with E-state index in [1.54, 1.807) is 0 Å². The zero-order valence-electron chi connectivity index (χ0n) is 32.8. The van der Waals surface area contributed by atoms with Gasteiger partial charge in [-0.1, -0.05) is 134 Å². The van der Waals surface area contributed by atoms with E-state index in [0.29, 0.717) is 0 Å². The Balaban J connectivity index is 0.00000408. The first kappa shape index (κ1) is 37.0. The van der Waals surface area contributed by atoms with Gasteiger partial charge in [0.05, 0.1) is 11.2 Å². The van der Waals surface area contributed by atoms with Crippen LogP contribution in [0.15, 0.2) is 192 Å². The molecular formula is C53H36N4PdSSi. The normalized spacial score (nSPS) is 13.4. The maximum Gasteiger partial charge on any atom is 2.00 e. The van der Waals surface area contributed by atoms with Gasteiger partial charge in [-0.2, -0.15) is 23.4 Å². The zero-order chi connectivity index (χ0) is 39.3. The molecule has 0 amide bonds. The van der Waals surface area contributed by atoms with E-state index in [2.05, 4.69) is 205 Å². The van der Waals surface area contributed by atoms with Crippen molar-refractivity contribution in [3.8, 4) is 5.69 Å². The van der Waals surface area contributed by atoms with Crippen molar-refractivity contribution < 1.29 is 20.4 Å². The van der Waals surface area contributed by atoms with Gasteiger partial charge in [0.15, 0.2) is 0 Å². The third-order valence-corrected chi connectivity index (χ3v) is 18.3. The number of nitrogens with zero attached hydrogens (tertiary/aromatic N) is 4. The molecule has 0 unspecified atom stereocenters. The van der Waals surface area contributed by atoms with Crippen LogP contribution in [0.1, 0.15) is 25.0 Å². The first-order chi connectivity index (χ1) is 29.0. The van der Waals surface area contributed by atoms with E-state index >= 15 is 0 Å². The second kappa shape index (κ2) is 14.0. The van der Waals surface area contributed by atoms with Gasteiger partial charge in [0.1, 0.15) is 13.7 Å². The second-order valence-corrected chi connectivity index (χ2v) is 20.8. The van der Waals surface area contributed by atoms with Crippen LogP contribution in [-0.2, 0) is 25.8 Å².